The van der Waals surface area contributed by atoms with E-state index in [1.165, 1.54) is 6.07 Å². The van der Waals surface area contributed by atoms with Crippen molar-refractivity contribution >= 4 is 17.7 Å². The summed E-state index contributed by atoms with van der Waals surface area (Å²) in [6.07, 6.45) is 1.51. The van der Waals surface area contributed by atoms with Crippen LogP contribution in [0, 0.1) is 6.92 Å². The van der Waals surface area contributed by atoms with Gasteiger partial charge in [0.25, 0.3) is 0 Å². The molecule has 2 aliphatic rings. The zero-order chi connectivity index (χ0) is 18.0. The highest BCUT2D eigenvalue weighted by Gasteiger charge is 2.33. The van der Waals surface area contributed by atoms with Crippen LogP contribution in [-0.2, 0) is 14.4 Å². The number of carbonyl (C=O) groups excluding carboxylic acids is 3. The normalized spacial score (nSPS) is 18.8. The number of aryl methyl sites for hydroxylation is 1. The number of imide groups is 1. The Morgan fingerprint density at radius 3 is 2.40 bits per heavy atom. The highest BCUT2D eigenvalue weighted by Crippen LogP contribution is 2.19. The molecule has 2 aliphatic heterocycles. The second-order valence-electron chi connectivity index (χ2n) is 6.29. The van der Waals surface area contributed by atoms with Crippen molar-refractivity contribution in [1.82, 2.24) is 9.80 Å². The molecule has 134 valence electrons. The predicted molar refractivity (Wildman–Crippen MR) is 85.9 cm³/mol. The molecule has 2 fully saturated rings. The minimum atomic E-state index is -0.456. The molecule has 0 bridgehead atoms. The molecule has 0 spiro atoms. The first-order valence-corrected chi connectivity index (χ1v) is 8.32. The van der Waals surface area contributed by atoms with E-state index in [1.807, 2.05) is 0 Å². The summed E-state index contributed by atoms with van der Waals surface area (Å²) in [6, 6.07) is 2.96. The van der Waals surface area contributed by atoms with Crippen LogP contribution in [-0.4, -0.2) is 53.3 Å². The molecule has 0 radical (unpaired) electrons. The molecule has 3 heterocycles. The van der Waals surface area contributed by atoms with Gasteiger partial charge in [0.05, 0.1) is 6.07 Å². The molecule has 1 aromatic rings. The molecule has 0 saturated carbocycles. The van der Waals surface area contributed by atoms with Crippen LogP contribution < -0.4 is 10.4 Å². The first-order valence-electron chi connectivity index (χ1n) is 8.32. The van der Waals surface area contributed by atoms with Gasteiger partial charge in [0.2, 0.25) is 17.7 Å². The number of hydrogen-bond donors (Lipinski definition) is 0. The van der Waals surface area contributed by atoms with Crippen LogP contribution in [0.1, 0.15) is 31.4 Å². The Bertz CT molecular complexity index is 732. The number of nitrogens with zero attached hydrogens (tertiary/aromatic N) is 2. The van der Waals surface area contributed by atoms with Crippen molar-refractivity contribution in [1.29, 1.82) is 0 Å². The summed E-state index contributed by atoms with van der Waals surface area (Å²) in [6.45, 7) is 2.47. The number of amides is 3. The Labute approximate surface area is 144 Å². The Morgan fingerprint density at radius 2 is 1.80 bits per heavy atom. The first-order chi connectivity index (χ1) is 11.9. The number of carbonyl (C=O) groups is 3. The van der Waals surface area contributed by atoms with Crippen LogP contribution in [0.25, 0.3) is 0 Å². The summed E-state index contributed by atoms with van der Waals surface area (Å²) in [7, 11) is 0. The monoisotopic (exact) mass is 348 g/mol. The fourth-order valence-corrected chi connectivity index (χ4v) is 3.09. The summed E-state index contributed by atoms with van der Waals surface area (Å²) < 4.78 is 10.7. The highest BCUT2D eigenvalue weighted by molar-refractivity contribution is 6.04. The fraction of sp³-hybridized carbons (Fsp3) is 0.529. The largest absolute Gasteiger partial charge is 0.490 e. The quantitative estimate of drug-likeness (QED) is 0.734. The van der Waals surface area contributed by atoms with Gasteiger partial charge in [-0.3, -0.25) is 19.3 Å². The minimum Gasteiger partial charge on any atom is -0.490 e. The van der Waals surface area contributed by atoms with Crippen molar-refractivity contribution in [3.63, 3.8) is 0 Å². The molecule has 0 atom stereocenters. The van der Waals surface area contributed by atoms with Gasteiger partial charge in [-0.15, -0.1) is 0 Å². The average molecular weight is 348 g/mol. The Kier molecular flexibility index (Phi) is 4.87. The Morgan fingerprint density at radius 1 is 1.16 bits per heavy atom. The maximum Gasteiger partial charge on any atom is 0.339 e. The molecule has 0 aliphatic carbocycles. The molecule has 8 heteroatoms. The van der Waals surface area contributed by atoms with E-state index in [1.54, 1.807) is 17.9 Å². The van der Waals surface area contributed by atoms with Crippen molar-refractivity contribution in [3.05, 3.63) is 28.3 Å². The third kappa shape index (κ3) is 4.07. The molecule has 1 aromatic heterocycles. The number of hydrogen-bond acceptors (Lipinski definition) is 6. The summed E-state index contributed by atoms with van der Waals surface area (Å²) in [5.41, 5.74) is -0.456. The molecular formula is C17H20N2O6. The van der Waals surface area contributed by atoms with Gasteiger partial charge in [-0.1, -0.05) is 0 Å². The van der Waals surface area contributed by atoms with Crippen LogP contribution in [0.2, 0.25) is 0 Å². The van der Waals surface area contributed by atoms with E-state index in [2.05, 4.69) is 0 Å². The smallest absolute Gasteiger partial charge is 0.339 e. The van der Waals surface area contributed by atoms with Crippen molar-refractivity contribution in [2.45, 2.75) is 38.7 Å². The summed E-state index contributed by atoms with van der Waals surface area (Å²) >= 11 is 0. The van der Waals surface area contributed by atoms with E-state index in [9.17, 15) is 19.2 Å². The number of rotatable bonds is 4. The number of likely N-dealkylation sites (tertiary alicyclic amines) is 2. The van der Waals surface area contributed by atoms with Crippen LogP contribution in [0.5, 0.6) is 5.75 Å². The lowest BCUT2D eigenvalue weighted by Crippen LogP contribution is -2.47. The lowest BCUT2D eigenvalue weighted by molar-refractivity contribution is -0.146. The van der Waals surface area contributed by atoms with Gasteiger partial charge in [-0.05, 0) is 6.92 Å². The van der Waals surface area contributed by atoms with Gasteiger partial charge in [0.1, 0.15) is 24.2 Å². The predicted octanol–water partition coefficient (Wildman–Crippen LogP) is 0.467. The second-order valence-corrected chi connectivity index (χ2v) is 6.29. The third-order valence-electron chi connectivity index (χ3n) is 4.41. The zero-order valence-corrected chi connectivity index (χ0v) is 14.0. The molecule has 3 amide bonds. The minimum absolute atomic E-state index is 0.0969. The molecule has 0 aromatic carbocycles. The standard InChI is InChI=1S/C17H20N2O6/c1-11-8-13(9-17(23)24-11)25-12-4-6-18(7-5-12)16(22)10-19-14(20)2-3-15(19)21/h8-9,12H,2-7,10H2,1H3. The molecule has 0 N–H and O–H groups in total. The maximum atomic E-state index is 12.3. The SMILES string of the molecule is Cc1cc(OC2CCN(C(=O)CN3C(=O)CCC3=O)CC2)cc(=O)o1. The van der Waals surface area contributed by atoms with Gasteiger partial charge in [-0.2, -0.15) is 0 Å². The second kappa shape index (κ2) is 7.08. The van der Waals surface area contributed by atoms with Crippen molar-refractivity contribution in [2.24, 2.45) is 0 Å². The molecular weight excluding hydrogens is 328 g/mol. The maximum absolute atomic E-state index is 12.3. The van der Waals surface area contributed by atoms with Gasteiger partial charge in [0.15, 0.2) is 0 Å². The summed E-state index contributed by atoms with van der Waals surface area (Å²) in [4.78, 5) is 49.5. The van der Waals surface area contributed by atoms with Crippen molar-refractivity contribution < 1.29 is 23.5 Å². The van der Waals surface area contributed by atoms with Crippen molar-refractivity contribution in [2.75, 3.05) is 19.6 Å². The highest BCUT2D eigenvalue weighted by atomic mass is 16.5. The summed E-state index contributed by atoms with van der Waals surface area (Å²) in [5.74, 6) is 0.157. The van der Waals surface area contributed by atoms with E-state index >= 15 is 0 Å². The molecule has 8 nitrogen and oxygen atoms in total. The topological polar surface area (TPSA) is 97.1 Å². The van der Waals surface area contributed by atoms with Gasteiger partial charge < -0.3 is 14.1 Å². The molecule has 0 unspecified atom stereocenters. The van der Waals surface area contributed by atoms with E-state index in [0.717, 1.165) is 4.90 Å². The summed E-state index contributed by atoms with van der Waals surface area (Å²) in [5, 5.41) is 0. The molecule has 3 rings (SSSR count). The van der Waals surface area contributed by atoms with Crippen LogP contribution in [0.15, 0.2) is 21.3 Å². The number of piperidine rings is 1. The Balaban J connectivity index is 1.51. The lowest BCUT2D eigenvalue weighted by atomic mass is 10.1. The van der Waals surface area contributed by atoms with Crippen LogP contribution >= 0.6 is 0 Å². The van der Waals surface area contributed by atoms with Crippen LogP contribution in [0.4, 0.5) is 0 Å². The lowest BCUT2D eigenvalue weighted by Gasteiger charge is -2.32. The molecule has 25 heavy (non-hydrogen) atoms. The fourth-order valence-electron chi connectivity index (χ4n) is 3.09. The van der Waals surface area contributed by atoms with Crippen molar-refractivity contribution in [3.8, 4) is 5.75 Å². The van der Waals surface area contributed by atoms with E-state index in [4.69, 9.17) is 9.15 Å². The zero-order valence-electron chi connectivity index (χ0n) is 14.0. The third-order valence-corrected chi connectivity index (χ3v) is 4.41. The van der Waals surface area contributed by atoms with Gasteiger partial charge >= 0.3 is 5.63 Å². The number of ether oxygens (including phenoxy) is 1. The Hall–Kier alpha value is -2.64. The van der Waals surface area contributed by atoms with E-state index in [-0.39, 0.29) is 43.2 Å². The van der Waals surface area contributed by atoms with Gasteiger partial charge in [0, 0.05) is 44.8 Å². The van der Waals surface area contributed by atoms with E-state index in [0.29, 0.717) is 37.4 Å². The van der Waals surface area contributed by atoms with Crippen LogP contribution in [0.3, 0.4) is 0 Å². The first kappa shape index (κ1) is 17.2. The van der Waals surface area contributed by atoms with Gasteiger partial charge in [-0.25, -0.2) is 4.79 Å². The average Bonchev–Trinajstić information content (AvgIpc) is 2.86. The molecule has 2 saturated heterocycles. The van der Waals surface area contributed by atoms with E-state index < -0.39 is 5.63 Å².